The first kappa shape index (κ1) is 12.6. The molecule has 0 atom stereocenters. The first-order valence-corrected chi connectivity index (χ1v) is 6.12. The second-order valence-electron chi connectivity index (χ2n) is 4.02. The molecule has 18 heavy (non-hydrogen) atoms. The third-order valence-electron chi connectivity index (χ3n) is 2.71. The molecule has 0 aliphatic heterocycles. The Morgan fingerprint density at radius 2 is 2.28 bits per heavy atom. The van der Waals surface area contributed by atoms with Gasteiger partial charge in [-0.3, -0.25) is 0 Å². The largest absolute Gasteiger partial charge is 0.481 e. The first-order chi connectivity index (χ1) is 8.85. The molecule has 4 nitrogen and oxygen atoms in total. The minimum absolute atomic E-state index is 0.612. The van der Waals surface area contributed by atoms with E-state index >= 15 is 0 Å². The van der Waals surface area contributed by atoms with Gasteiger partial charge in [-0.1, -0.05) is 6.92 Å². The van der Waals surface area contributed by atoms with Gasteiger partial charge >= 0.3 is 0 Å². The zero-order valence-electron chi connectivity index (χ0n) is 10.8. The fourth-order valence-corrected chi connectivity index (χ4v) is 1.80. The van der Waals surface area contributed by atoms with Crippen LogP contribution >= 0.6 is 0 Å². The number of hydrogen-bond acceptors (Lipinski definition) is 4. The number of hydrogen-bond donors (Lipinski definition) is 1. The number of pyridine rings is 1. The summed E-state index contributed by atoms with van der Waals surface area (Å²) in [5.74, 6) is 1.55. The summed E-state index contributed by atoms with van der Waals surface area (Å²) in [6, 6.07) is 5.84. The summed E-state index contributed by atoms with van der Waals surface area (Å²) < 4.78 is 10.6. The molecule has 0 saturated carbocycles. The van der Waals surface area contributed by atoms with E-state index in [1.807, 2.05) is 18.2 Å². The van der Waals surface area contributed by atoms with Crippen molar-refractivity contribution >= 4 is 0 Å². The lowest BCUT2D eigenvalue weighted by molar-refractivity contribution is 0.398. The summed E-state index contributed by atoms with van der Waals surface area (Å²) >= 11 is 0. The molecule has 0 saturated heterocycles. The molecule has 96 valence electrons. The van der Waals surface area contributed by atoms with Gasteiger partial charge in [-0.25, -0.2) is 4.98 Å². The van der Waals surface area contributed by atoms with E-state index in [0.717, 1.165) is 36.4 Å². The molecule has 0 radical (unpaired) electrons. The number of aromatic nitrogens is 1. The van der Waals surface area contributed by atoms with Gasteiger partial charge in [0.15, 0.2) is 0 Å². The lowest BCUT2D eigenvalue weighted by atomic mass is 10.1. The van der Waals surface area contributed by atoms with Gasteiger partial charge in [-0.05, 0) is 30.7 Å². The highest BCUT2D eigenvalue weighted by atomic mass is 16.5. The molecule has 4 heteroatoms. The van der Waals surface area contributed by atoms with Crippen LogP contribution in [0.4, 0.5) is 0 Å². The second-order valence-corrected chi connectivity index (χ2v) is 4.02. The number of nitrogens with zero attached hydrogens (tertiary/aromatic N) is 1. The van der Waals surface area contributed by atoms with Gasteiger partial charge in [0.05, 0.1) is 19.9 Å². The van der Waals surface area contributed by atoms with Crippen molar-refractivity contribution in [1.29, 1.82) is 0 Å². The van der Waals surface area contributed by atoms with Crippen LogP contribution in [0.25, 0.3) is 11.1 Å². The van der Waals surface area contributed by atoms with Crippen LogP contribution < -0.4 is 10.1 Å². The molecule has 0 bridgehead atoms. The zero-order chi connectivity index (χ0) is 12.8. The van der Waals surface area contributed by atoms with Crippen LogP contribution in [0.1, 0.15) is 19.1 Å². The Labute approximate surface area is 107 Å². The summed E-state index contributed by atoms with van der Waals surface area (Å²) in [5.41, 5.74) is 2.14. The van der Waals surface area contributed by atoms with Crippen molar-refractivity contribution in [2.24, 2.45) is 0 Å². The molecule has 0 aromatic carbocycles. The fraction of sp³-hybridized carbons (Fsp3) is 0.357. The number of rotatable bonds is 6. The van der Waals surface area contributed by atoms with Crippen molar-refractivity contribution in [3.8, 4) is 17.0 Å². The van der Waals surface area contributed by atoms with E-state index in [0.29, 0.717) is 5.88 Å². The Balaban J connectivity index is 2.19. The molecule has 2 aromatic rings. The average molecular weight is 246 g/mol. The number of furan rings is 1. The standard InChI is InChI=1S/C14H18N2O2/c1-3-6-15-10-13-12(5-8-18-13)11-4-7-16-14(9-11)17-2/h4-5,7-9,15H,3,6,10H2,1-2H3. The van der Waals surface area contributed by atoms with Crippen LogP contribution in [0.15, 0.2) is 35.1 Å². The summed E-state index contributed by atoms with van der Waals surface area (Å²) in [5, 5.41) is 3.34. The number of ether oxygens (including phenoxy) is 1. The van der Waals surface area contributed by atoms with Crippen molar-refractivity contribution in [1.82, 2.24) is 10.3 Å². The van der Waals surface area contributed by atoms with Gasteiger partial charge < -0.3 is 14.5 Å². The monoisotopic (exact) mass is 246 g/mol. The van der Waals surface area contributed by atoms with Crippen molar-refractivity contribution < 1.29 is 9.15 Å². The van der Waals surface area contributed by atoms with E-state index in [2.05, 4.69) is 17.2 Å². The number of nitrogens with one attached hydrogen (secondary N) is 1. The molecule has 2 heterocycles. The van der Waals surface area contributed by atoms with Crippen LogP contribution in [-0.4, -0.2) is 18.6 Å². The third kappa shape index (κ3) is 2.90. The highest BCUT2D eigenvalue weighted by Gasteiger charge is 2.09. The predicted molar refractivity (Wildman–Crippen MR) is 70.5 cm³/mol. The maximum absolute atomic E-state index is 5.52. The molecule has 0 fully saturated rings. The highest BCUT2D eigenvalue weighted by molar-refractivity contribution is 5.66. The van der Waals surface area contributed by atoms with E-state index in [4.69, 9.17) is 9.15 Å². The Morgan fingerprint density at radius 1 is 1.39 bits per heavy atom. The smallest absolute Gasteiger partial charge is 0.213 e. The minimum atomic E-state index is 0.612. The van der Waals surface area contributed by atoms with Crippen molar-refractivity contribution in [3.63, 3.8) is 0 Å². The molecule has 1 N–H and O–H groups in total. The highest BCUT2D eigenvalue weighted by Crippen LogP contribution is 2.26. The molecule has 0 spiro atoms. The van der Waals surface area contributed by atoms with E-state index < -0.39 is 0 Å². The van der Waals surface area contributed by atoms with Crippen LogP contribution in [0.5, 0.6) is 5.88 Å². The van der Waals surface area contributed by atoms with E-state index in [1.54, 1.807) is 19.6 Å². The van der Waals surface area contributed by atoms with E-state index in [-0.39, 0.29) is 0 Å². The Morgan fingerprint density at radius 3 is 3.06 bits per heavy atom. The Bertz CT molecular complexity index is 494. The van der Waals surface area contributed by atoms with Crippen molar-refractivity contribution in [3.05, 3.63) is 36.4 Å². The minimum Gasteiger partial charge on any atom is -0.481 e. The van der Waals surface area contributed by atoms with Crippen LogP contribution in [-0.2, 0) is 6.54 Å². The Hall–Kier alpha value is -1.81. The van der Waals surface area contributed by atoms with Gasteiger partial charge in [0.2, 0.25) is 5.88 Å². The Kier molecular flexibility index (Phi) is 4.36. The molecule has 2 aromatic heterocycles. The van der Waals surface area contributed by atoms with Gasteiger partial charge in [-0.15, -0.1) is 0 Å². The van der Waals surface area contributed by atoms with Crippen LogP contribution in [0.3, 0.4) is 0 Å². The topological polar surface area (TPSA) is 47.3 Å². The SMILES string of the molecule is CCCNCc1occc1-c1ccnc(OC)c1. The molecule has 2 rings (SSSR count). The van der Waals surface area contributed by atoms with E-state index in [9.17, 15) is 0 Å². The fourth-order valence-electron chi connectivity index (χ4n) is 1.80. The predicted octanol–water partition coefficient (Wildman–Crippen LogP) is 2.85. The van der Waals surface area contributed by atoms with Crippen LogP contribution in [0, 0.1) is 0 Å². The quantitative estimate of drug-likeness (QED) is 0.796. The zero-order valence-corrected chi connectivity index (χ0v) is 10.8. The molecular weight excluding hydrogens is 228 g/mol. The molecule has 0 unspecified atom stereocenters. The van der Waals surface area contributed by atoms with Gasteiger partial charge in [0.1, 0.15) is 5.76 Å². The second kappa shape index (κ2) is 6.21. The lowest BCUT2D eigenvalue weighted by Crippen LogP contribution is -2.13. The van der Waals surface area contributed by atoms with Crippen molar-refractivity contribution in [2.75, 3.05) is 13.7 Å². The molecule has 0 amide bonds. The van der Waals surface area contributed by atoms with Crippen molar-refractivity contribution in [2.45, 2.75) is 19.9 Å². The maximum Gasteiger partial charge on any atom is 0.213 e. The normalized spacial score (nSPS) is 10.6. The summed E-state index contributed by atoms with van der Waals surface area (Å²) in [7, 11) is 1.62. The molecular formula is C14H18N2O2. The average Bonchev–Trinajstić information content (AvgIpc) is 2.87. The maximum atomic E-state index is 5.52. The number of methoxy groups -OCH3 is 1. The molecule has 0 aliphatic rings. The van der Waals surface area contributed by atoms with Gasteiger partial charge in [0.25, 0.3) is 0 Å². The van der Waals surface area contributed by atoms with Gasteiger partial charge in [0, 0.05) is 17.8 Å². The lowest BCUT2D eigenvalue weighted by Gasteiger charge is -2.05. The van der Waals surface area contributed by atoms with Gasteiger partial charge in [-0.2, -0.15) is 0 Å². The summed E-state index contributed by atoms with van der Waals surface area (Å²) in [6.07, 6.45) is 4.56. The third-order valence-corrected chi connectivity index (χ3v) is 2.71. The summed E-state index contributed by atoms with van der Waals surface area (Å²) in [6.45, 7) is 3.87. The summed E-state index contributed by atoms with van der Waals surface area (Å²) in [4.78, 5) is 4.10. The van der Waals surface area contributed by atoms with E-state index in [1.165, 1.54) is 0 Å². The molecule has 0 aliphatic carbocycles. The first-order valence-electron chi connectivity index (χ1n) is 6.12. The van der Waals surface area contributed by atoms with Crippen LogP contribution in [0.2, 0.25) is 0 Å².